The number of benzene rings is 3. The van der Waals surface area contributed by atoms with Crippen LogP contribution in [0.5, 0.6) is 0 Å². The van der Waals surface area contributed by atoms with Crippen LogP contribution >= 0.6 is 23.2 Å². The first-order valence-corrected chi connectivity index (χ1v) is 8.51. The van der Waals surface area contributed by atoms with Crippen LogP contribution in [-0.2, 0) is 0 Å². The molecule has 130 valence electrons. The molecule has 3 aromatic rings. The van der Waals surface area contributed by atoms with E-state index in [1.165, 1.54) is 6.07 Å². The lowest BCUT2D eigenvalue weighted by molar-refractivity contribution is 0.101. The summed E-state index contributed by atoms with van der Waals surface area (Å²) in [7, 11) is 0. The van der Waals surface area contributed by atoms with Crippen LogP contribution in [0.1, 0.15) is 20.7 Å². The van der Waals surface area contributed by atoms with Crippen molar-refractivity contribution < 1.29 is 9.59 Å². The van der Waals surface area contributed by atoms with Gasteiger partial charge in [0.2, 0.25) is 0 Å². The molecule has 3 aromatic carbocycles. The molecule has 0 fully saturated rings. The SMILES string of the molecule is O=C(Nc1ccccc1)c1cccc(NC(=O)c2ccc(Cl)cc2Cl)c1. The van der Waals surface area contributed by atoms with E-state index in [9.17, 15) is 9.59 Å². The maximum atomic E-state index is 12.4. The number of halogens is 2. The molecule has 2 N–H and O–H groups in total. The zero-order valence-corrected chi connectivity index (χ0v) is 15.0. The number of carbonyl (C=O) groups excluding carboxylic acids is 2. The standard InChI is InChI=1S/C20H14Cl2N2O2/c21-14-9-10-17(18(22)12-14)20(26)24-16-8-4-5-13(11-16)19(25)23-15-6-2-1-3-7-15/h1-12H,(H,23,25)(H,24,26). The van der Waals surface area contributed by atoms with Crippen LogP contribution in [0.4, 0.5) is 11.4 Å². The van der Waals surface area contributed by atoms with E-state index in [0.717, 1.165) is 0 Å². The predicted molar refractivity (Wildman–Crippen MR) is 105 cm³/mol. The summed E-state index contributed by atoms with van der Waals surface area (Å²) in [6.07, 6.45) is 0. The minimum Gasteiger partial charge on any atom is -0.322 e. The average molecular weight is 385 g/mol. The lowest BCUT2D eigenvalue weighted by Gasteiger charge is -2.09. The number of amides is 2. The topological polar surface area (TPSA) is 58.2 Å². The van der Waals surface area contributed by atoms with E-state index in [1.807, 2.05) is 18.2 Å². The first-order valence-electron chi connectivity index (χ1n) is 7.76. The normalized spacial score (nSPS) is 10.2. The van der Waals surface area contributed by atoms with E-state index >= 15 is 0 Å². The largest absolute Gasteiger partial charge is 0.322 e. The van der Waals surface area contributed by atoms with E-state index in [1.54, 1.807) is 48.5 Å². The maximum Gasteiger partial charge on any atom is 0.257 e. The van der Waals surface area contributed by atoms with Crippen LogP contribution in [0, 0.1) is 0 Å². The monoisotopic (exact) mass is 384 g/mol. The molecule has 0 saturated carbocycles. The van der Waals surface area contributed by atoms with Crippen LogP contribution < -0.4 is 10.6 Å². The van der Waals surface area contributed by atoms with Gasteiger partial charge in [-0.25, -0.2) is 0 Å². The van der Waals surface area contributed by atoms with Gasteiger partial charge >= 0.3 is 0 Å². The lowest BCUT2D eigenvalue weighted by Crippen LogP contribution is -2.15. The van der Waals surface area contributed by atoms with Crippen molar-refractivity contribution in [3.05, 3.63) is 94.0 Å². The molecule has 0 radical (unpaired) electrons. The molecule has 6 heteroatoms. The highest BCUT2D eigenvalue weighted by Gasteiger charge is 2.12. The van der Waals surface area contributed by atoms with Crippen LogP contribution in [0.3, 0.4) is 0 Å². The summed E-state index contributed by atoms with van der Waals surface area (Å²) in [4.78, 5) is 24.7. The summed E-state index contributed by atoms with van der Waals surface area (Å²) >= 11 is 11.9. The van der Waals surface area contributed by atoms with Gasteiger partial charge in [-0.1, -0.05) is 47.5 Å². The summed E-state index contributed by atoms with van der Waals surface area (Å²) in [6, 6.07) is 20.4. The fourth-order valence-corrected chi connectivity index (χ4v) is 2.83. The van der Waals surface area contributed by atoms with Crippen molar-refractivity contribution in [2.24, 2.45) is 0 Å². The summed E-state index contributed by atoms with van der Waals surface area (Å²) in [5, 5.41) is 6.24. The Hall–Kier alpha value is -2.82. The molecule has 0 aromatic heterocycles. The van der Waals surface area contributed by atoms with Crippen molar-refractivity contribution in [3.8, 4) is 0 Å². The summed E-state index contributed by atoms with van der Waals surface area (Å²) < 4.78 is 0. The number of anilines is 2. The summed E-state index contributed by atoms with van der Waals surface area (Å²) in [5.41, 5.74) is 1.91. The Balaban J connectivity index is 1.74. The number of para-hydroxylation sites is 1. The zero-order chi connectivity index (χ0) is 18.5. The molecule has 0 heterocycles. The van der Waals surface area contributed by atoms with Gasteiger partial charge in [0, 0.05) is 22.0 Å². The van der Waals surface area contributed by atoms with Crippen molar-refractivity contribution in [1.29, 1.82) is 0 Å². The number of nitrogens with one attached hydrogen (secondary N) is 2. The molecule has 0 atom stereocenters. The maximum absolute atomic E-state index is 12.4. The molecule has 0 aliphatic carbocycles. The fourth-order valence-electron chi connectivity index (χ4n) is 2.33. The van der Waals surface area contributed by atoms with Gasteiger partial charge in [-0.3, -0.25) is 9.59 Å². The molecular formula is C20H14Cl2N2O2. The molecule has 0 spiro atoms. The van der Waals surface area contributed by atoms with E-state index in [-0.39, 0.29) is 16.8 Å². The third-order valence-corrected chi connectivity index (χ3v) is 4.14. The van der Waals surface area contributed by atoms with E-state index in [2.05, 4.69) is 10.6 Å². The Bertz CT molecular complexity index is 959. The molecule has 0 saturated heterocycles. The van der Waals surface area contributed by atoms with Crippen molar-refractivity contribution in [3.63, 3.8) is 0 Å². The van der Waals surface area contributed by atoms with Crippen molar-refractivity contribution in [2.75, 3.05) is 10.6 Å². The van der Waals surface area contributed by atoms with E-state index in [4.69, 9.17) is 23.2 Å². The molecule has 0 bridgehead atoms. The lowest BCUT2D eigenvalue weighted by atomic mass is 10.1. The van der Waals surface area contributed by atoms with Gasteiger partial charge in [-0.05, 0) is 48.5 Å². The molecule has 0 unspecified atom stereocenters. The molecule has 0 aliphatic heterocycles. The van der Waals surface area contributed by atoms with Crippen LogP contribution in [0.2, 0.25) is 10.0 Å². The number of carbonyl (C=O) groups is 2. The molecule has 4 nitrogen and oxygen atoms in total. The van der Waals surface area contributed by atoms with E-state index in [0.29, 0.717) is 27.5 Å². The quantitative estimate of drug-likeness (QED) is 0.623. The van der Waals surface area contributed by atoms with Crippen LogP contribution in [0.15, 0.2) is 72.8 Å². The van der Waals surface area contributed by atoms with Crippen molar-refractivity contribution in [2.45, 2.75) is 0 Å². The average Bonchev–Trinajstić information content (AvgIpc) is 2.62. The highest BCUT2D eigenvalue weighted by Crippen LogP contribution is 2.22. The first-order chi connectivity index (χ1) is 12.5. The smallest absolute Gasteiger partial charge is 0.257 e. The van der Waals surface area contributed by atoms with Gasteiger partial charge in [-0.2, -0.15) is 0 Å². The Labute approximate surface area is 160 Å². The number of rotatable bonds is 4. The third kappa shape index (κ3) is 4.42. The second kappa shape index (κ2) is 8.04. The molecule has 0 aliphatic rings. The van der Waals surface area contributed by atoms with Gasteiger partial charge < -0.3 is 10.6 Å². The van der Waals surface area contributed by atoms with E-state index < -0.39 is 0 Å². The summed E-state index contributed by atoms with van der Waals surface area (Å²) in [6.45, 7) is 0. The Morgan fingerprint density at radius 3 is 2.12 bits per heavy atom. The highest BCUT2D eigenvalue weighted by atomic mass is 35.5. The first kappa shape index (κ1) is 18.0. The van der Waals surface area contributed by atoms with Gasteiger partial charge in [-0.15, -0.1) is 0 Å². The van der Waals surface area contributed by atoms with Gasteiger partial charge in [0.25, 0.3) is 11.8 Å². The summed E-state index contributed by atoms with van der Waals surface area (Å²) in [5.74, 6) is -0.649. The second-order valence-corrected chi connectivity index (χ2v) is 6.32. The van der Waals surface area contributed by atoms with Gasteiger partial charge in [0.15, 0.2) is 0 Å². The Morgan fingerprint density at radius 2 is 1.38 bits per heavy atom. The second-order valence-electron chi connectivity index (χ2n) is 5.48. The molecular weight excluding hydrogens is 371 g/mol. The molecule has 26 heavy (non-hydrogen) atoms. The van der Waals surface area contributed by atoms with Crippen molar-refractivity contribution >= 4 is 46.4 Å². The van der Waals surface area contributed by atoms with Crippen molar-refractivity contribution in [1.82, 2.24) is 0 Å². The highest BCUT2D eigenvalue weighted by molar-refractivity contribution is 6.37. The fraction of sp³-hybridized carbons (Fsp3) is 0. The Morgan fingerprint density at radius 1 is 0.692 bits per heavy atom. The van der Waals surface area contributed by atoms with Crippen LogP contribution in [0.25, 0.3) is 0 Å². The number of hydrogen-bond acceptors (Lipinski definition) is 2. The number of hydrogen-bond donors (Lipinski definition) is 2. The van der Waals surface area contributed by atoms with Crippen LogP contribution in [-0.4, -0.2) is 11.8 Å². The minimum atomic E-state index is -0.382. The Kier molecular flexibility index (Phi) is 5.56. The van der Waals surface area contributed by atoms with Gasteiger partial charge in [0.1, 0.15) is 0 Å². The predicted octanol–water partition coefficient (Wildman–Crippen LogP) is 5.50. The minimum absolute atomic E-state index is 0.257. The molecule has 3 rings (SSSR count). The third-order valence-electron chi connectivity index (χ3n) is 3.59. The molecule has 2 amide bonds. The van der Waals surface area contributed by atoms with Gasteiger partial charge in [0.05, 0.1) is 10.6 Å². The zero-order valence-electron chi connectivity index (χ0n) is 13.5.